The quantitative estimate of drug-likeness (QED) is 0.405. The van der Waals surface area contributed by atoms with Crippen molar-refractivity contribution in [3.8, 4) is 0 Å². The molecule has 0 unspecified atom stereocenters. The summed E-state index contributed by atoms with van der Waals surface area (Å²) in [5.41, 5.74) is 0.658. The van der Waals surface area contributed by atoms with Crippen molar-refractivity contribution in [2.45, 2.75) is 11.8 Å². The molecule has 12 heavy (non-hydrogen) atoms. The summed E-state index contributed by atoms with van der Waals surface area (Å²) in [4.78, 5) is 14.6. The van der Waals surface area contributed by atoms with E-state index in [2.05, 4.69) is 11.9 Å². The minimum Gasteiger partial charge on any atom is -0.211 e. The Bertz CT molecular complexity index is 288. The maximum absolute atomic E-state index is 9.89. The van der Waals surface area contributed by atoms with Crippen LogP contribution in [0.25, 0.3) is 0 Å². The number of nitrogens with zero attached hydrogens (tertiary/aromatic N) is 1. The van der Waals surface area contributed by atoms with Crippen molar-refractivity contribution in [1.29, 1.82) is 0 Å². The van der Waals surface area contributed by atoms with Crippen LogP contribution in [0.3, 0.4) is 0 Å². The smallest absolute Gasteiger partial charge is 0.211 e. The van der Waals surface area contributed by atoms with Gasteiger partial charge in [0.2, 0.25) is 6.08 Å². The van der Waals surface area contributed by atoms with E-state index in [0.29, 0.717) is 5.69 Å². The van der Waals surface area contributed by atoms with Crippen LogP contribution in [0.5, 0.6) is 0 Å². The maximum Gasteiger partial charge on any atom is 0.240 e. The summed E-state index contributed by atoms with van der Waals surface area (Å²) in [7, 11) is 0. The van der Waals surface area contributed by atoms with Gasteiger partial charge in [-0.3, -0.25) is 0 Å². The summed E-state index contributed by atoms with van der Waals surface area (Å²) in [6.07, 6.45) is 1.50. The predicted molar refractivity (Wildman–Crippen MR) is 50.6 cm³/mol. The highest BCUT2D eigenvalue weighted by molar-refractivity contribution is 7.99. The highest BCUT2D eigenvalue weighted by Crippen LogP contribution is 2.20. The van der Waals surface area contributed by atoms with Gasteiger partial charge in [-0.05, 0) is 30.0 Å². The SMILES string of the molecule is CCSc1ccc(N=C=O)cc1. The second kappa shape index (κ2) is 4.75. The third-order valence-electron chi connectivity index (χ3n) is 1.32. The molecule has 0 heterocycles. The van der Waals surface area contributed by atoms with Gasteiger partial charge in [0.05, 0.1) is 5.69 Å². The highest BCUT2D eigenvalue weighted by atomic mass is 32.2. The van der Waals surface area contributed by atoms with Crippen molar-refractivity contribution in [3.05, 3.63) is 24.3 Å². The summed E-state index contributed by atoms with van der Waals surface area (Å²) in [5.74, 6) is 1.05. The summed E-state index contributed by atoms with van der Waals surface area (Å²) < 4.78 is 0. The molecule has 0 N–H and O–H groups in total. The molecule has 0 aliphatic heterocycles. The van der Waals surface area contributed by atoms with Crippen molar-refractivity contribution in [1.82, 2.24) is 0 Å². The van der Waals surface area contributed by atoms with Crippen molar-refractivity contribution in [2.75, 3.05) is 5.75 Å². The van der Waals surface area contributed by atoms with Crippen LogP contribution in [0.1, 0.15) is 6.92 Å². The summed E-state index contributed by atoms with van der Waals surface area (Å²) in [6, 6.07) is 7.51. The zero-order chi connectivity index (χ0) is 8.81. The molecule has 0 spiro atoms. The Balaban J connectivity index is 2.77. The normalized spacial score (nSPS) is 9.08. The first-order chi connectivity index (χ1) is 5.86. The topological polar surface area (TPSA) is 29.4 Å². The minimum atomic E-state index is 0.658. The van der Waals surface area contributed by atoms with Gasteiger partial charge in [-0.1, -0.05) is 6.92 Å². The Labute approximate surface area is 75.7 Å². The molecule has 2 nitrogen and oxygen atoms in total. The molecule has 0 aliphatic rings. The second-order valence-electron chi connectivity index (χ2n) is 2.13. The molecule has 0 aliphatic carbocycles. The van der Waals surface area contributed by atoms with E-state index in [1.807, 2.05) is 24.3 Å². The molecule has 0 fully saturated rings. The number of aliphatic imine (C=N–C) groups is 1. The molecule has 1 rings (SSSR count). The van der Waals surface area contributed by atoms with Gasteiger partial charge in [-0.2, -0.15) is 4.99 Å². The van der Waals surface area contributed by atoms with Crippen molar-refractivity contribution in [2.24, 2.45) is 4.99 Å². The average Bonchev–Trinajstić information content (AvgIpc) is 2.09. The van der Waals surface area contributed by atoms with Crippen molar-refractivity contribution < 1.29 is 4.79 Å². The lowest BCUT2D eigenvalue weighted by molar-refractivity contribution is 0.565. The molecule has 1 aromatic carbocycles. The number of hydrogen-bond acceptors (Lipinski definition) is 3. The lowest BCUT2D eigenvalue weighted by Crippen LogP contribution is -1.71. The van der Waals surface area contributed by atoms with E-state index in [-0.39, 0.29) is 0 Å². The van der Waals surface area contributed by atoms with Crippen LogP contribution in [-0.2, 0) is 4.79 Å². The monoisotopic (exact) mass is 179 g/mol. The fourth-order valence-corrected chi connectivity index (χ4v) is 1.50. The van der Waals surface area contributed by atoms with Crippen molar-refractivity contribution >= 4 is 23.5 Å². The molecule has 0 amide bonds. The van der Waals surface area contributed by atoms with Gasteiger partial charge in [-0.25, -0.2) is 4.79 Å². The van der Waals surface area contributed by atoms with E-state index in [1.54, 1.807) is 11.8 Å². The van der Waals surface area contributed by atoms with Crippen molar-refractivity contribution in [3.63, 3.8) is 0 Å². The molecule has 0 saturated heterocycles. The first kappa shape index (κ1) is 9.04. The summed E-state index contributed by atoms with van der Waals surface area (Å²) in [5, 5.41) is 0. The fraction of sp³-hybridized carbons (Fsp3) is 0.222. The van der Waals surface area contributed by atoms with Gasteiger partial charge in [0, 0.05) is 4.90 Å². The van der Waals surface area contributed by atoms with E-state index in [0.717, 1.165) is 5.75 Å². The van der Waals surface area contributed by atoms with E-state index in [1.165, 1.54) is 11.0 Å². The van der Waals surface area contributed by atoms with Crippen LogP contribution >= 0.6 is 11.8 Å². The number of thioether (sulfide) groups is 1. The van der Waals surface area contributed by atoms with Gasteiger partial charge < -0.3 is 0 Å². The minimum absolute atomic E-state index is 0.658. The molecular weight excluding hydrogens is 170 g/mol. The number of rotatable bonds is 3. The summed E-state index contributed by atoms with van der Waals surface area (Å²) >= 11 is 1.76. The Morgan fingerprint density at radius 3 is 2.58 bits per heavy atom. The van der Waals surface area contributed by atoms with Gasteiger partial charge in [-0.15, -0.1) is 11.8 Å². The Kier molecular flexibility index (Phi) is 3.58. The maximum atomic E-state index is 9.89. The van der Waals surface area contributed by atoms with Crippen LogP contribution in [0.2, 0.25) is 0 Å². The van der Waals surface area contributed by atoms with Crippen LogP contribution < -0.4 is 0 Å². The van der Waals surface area contributed by atoms with Crippen LogP contribution in [0, 0.1) is 0 Å². The van der Waals surface area contributed by atoms with E-state index in [9.17, 15) is 4.79 Å². The number of benzene rings is 1. The van der Waals surface area contributed by atoms with Crippen LogP contribution in [0.4, 0.5) is 5.69 Å². The van der Waals surface area contributed by atoms with Gasteiger partial charge in [0.15, 0.2) is 0 Å². The van der Waals surface area contributed by atoms with Gasteiger partial charge >= 0.3 is 0 Å². The number of carbonyl (C=O) groups excluding carboxylic acids is 1. The Morgan fingerprint density at radius 2 is 2.08 bits per heavy atom. The van der Waals surface area contributed by atoms with Crippen LogP contribution in [-0.4, -0.2) is 11.8 Å². The Morgan fingerprint density at radius 1 is 1.42 bits per heavy atom. The van der Waals surface area contributed by atoms with Crippen LogP contribution in [0.15, 0.2) is 34.2 Å². The van der Waals surface area contributed by atoms with Gasteiger partial charge in [0.25, 0.3) is 0 Å². The first-order valence-electron chi connectivity index (χ1n) is 3.67. The molecule has 0 aromatic heterocycles. The standard InChI is InChI=1S/C9H9NOS/c1-2-12-9-5-3-8(4-6-9)10-7-11/h3-6H,2H2,1H3. The highest BCUT2D eigenvalue weighted by Gasteiger charge is 1.91. The average molecular weight is 179 g/mol. The zero-order valence-corrected chi connectivity index (χ0v) is 7.60. The number of isocyanates is 1. The molecular formula is C9H9NOS. The van der Waals surface area contributed by atoms with E-state index < -0.39 is 0 Å². The molecule has 0 radical (unpaired) electrons. The zero-order valence-electron chi connectivity index (χ0n) is 6.78. The molecule has 3 heteroatoms. The van der Waals surface area contributed by atoms with E-state index >= 15 is 0 Å². The fourth-order valence-electron chi connectivity index (χ4n) is 0.836. The largest absolute Gasteiger partial charge is 0.240 e. The lowest BCUT2D eigenvalue weighted by atomic mass is 10.3. The molecule has 0 atom stereocenters. The number of hydrogen-bond donors (Lipinski definition) is 0. The third-order valence-corrected chi connectivity index (χ3v) is 2.22. The molecule has 0 saturated carbocycles. The first-order valence-corrected chi connectivity index (χ1v) is 4.66. The lowest BCUT2D eigenvalue weighted by Gasteiger charge is -1.96. The molecule has 0 bridgehead atoms. The predicted octanol–water partition coefficient (Wildman–Crippen LogP) is 2.77. The second-order valence-corrected chi connectivity index (χ2v) is 3.47. The molecule has 1 aromatic rings. The molecule has 62 valence electrons. The third kappa shape index (κ3) is 2.53. The Hall–Kier alpha value is -1.05. The summed E-state index contributed by atoms with van der Waals surface area (Å²) in [6.45, 7) is 2.10. The van der Waals surface area contributed by atoms with Gasteiger partial charge in [0.1, 0.15) is 0 Å². The van der Waals surface area contributed by atoms with E-state index in [4.69, 9.17) is 0 Å².